The molecule has 2 aliphatic rings. The Morgan fingerprint density at radius 1 is 1.21 bits per heavy atom. The maximum atomic E-state index is 12.4. The topological polar surface area (TPSA) is 129 Å². The fraction of sp³-hybridized carbons (Fsp3) is 0.522. The Labute approximate surface area is 201 Å². The molecule has 3 N–H and O–H groups in total. The molecule has 0 saturated heterocycles. The molecule has 6 atom stereocenters. The minimum Gasteiger partial charge on any atom is -0.390 e. The van der Waals surface area contributed by atoms with E-state index in [-0.39, 0.29) is 12.3 Å². The van der Waals surface area contributed by atoms with Crippen molar-refractivity contribution in [2.24, 2.45) is 5.92 Å². The van der Waals surface area contributed by atoms with E-state index in [1.165, 1.54) is 17.3 Å². The molecule has 2 heterocycles. The van der Waals surface area contributed by atoms with Gasteiger partial charge in [-0.15, -0.1) is 5.10 Å². The van der Waals surface area contributed by atoms with Gasteiger partial charge in [-0.2, -0.15) is 0 Å². The summed E-state index contributed by atoms with van der Waals surface area (Å²) in [7, 11) is 2.01. The molecule has 0 radical (unpaired) electrons. The number of fused-ring (bicyclic) bond motifs is 1. The number of likely N-dealkylation sites (N-methyl/N-ethyl adjacent to an activating group) is 1. The lowest BCUT2D eigenvalue weighted by Crippen LogP contribution is -2.38. The number of hydrogen-bond acceptors (Lipinski definition) is 9. The van der Waals surface area contributed by atoms with Crippen LogP contribution in [0.5, 0.6) is 0 Å². The lowest BCUT2D eigenvalue weighted by atomic mass is 10.0. The minimum absolute atomic E-state index is 0.245. The van der Waals surface area contributed by atoms with Gasteiger partial charge in [0, 0.05) is 25.6 Å². The van der Waals surface area contributed by atoms with Gasteiger partial charge in [0.25, 0.3) is 0 Å². The molecule has 0 aliphatic heterocycles. The molecule has 0 bridgehead atoms. The van der Waals surface area contributed by atoms with Crippen LogP contribution in [0.25, 0.3) is 11.2 Å². The van der Waals surface area contributed by atoms with E-state index < -0.39 is 24.2 Å². The number of benzene rings is 1. The molecule has 10 nitrogen and oxygen atoms in total. The summed E-state index contributed by atoms with van der Waals surface area (Å²) in [6.45, 7) is 2.28. The Balaban J connectivity index is 1.47. The van der Waals surface area contributed by atoms with Gasteiger partial charge in [0.15, 0.2) is 22.1 Å². The average molecular weight is 484 g/mol. The summed E-state index contributed by atoms with van der Waals surface area (Å²) < 4.78 is 1.54. The number of hydrogen-bond donors (Lipinski definition) is 3. The first kappa shape index (κ1) is 23.0. The Morgan fingerprint density at radius 3 is 2.68 bits per heavy atom. The van der Waals surface area contributed by atoms with Crippen molar-refractivity contribution in [3.63, 3.8) is 0 Å². The number of carbonyl (C=O) groups is 1. The number of rotatable bonds is 7. The zero-order valence-electron chi connectivity index (χ0n) is 19.4. The van der Waals surface area contributed by atoms with Crippen molar-refractivity contribution in [2.45, 2.75) is 55.1 Å². The van der Waals surface area contributed by atoms with Crippen LogP contribution in [0.4, 0.5) is 5.82 Å². The fourth-order valence-corrected chi connectivity index (χ4v) is 5.35. The second-order valence-corrected chi connectivity index (χ2v) is 9.73. The highest BCUT2D eigenvalue weighted by Crippen LogP contribution is 2.46. The molecule has 1 amide bonds. The van der Waals surface area contributed by atoms with Crippen molar-refractivity contribution in [1.29, 1.82) is 0 Å². The van der Waals surface area contributed by atoms with Crippen LogP contribution in [0.15, 0.2) is 35.5 Å². The maximum absolute atomic E-state index is 12.4. The minimum atomic E-state index is -1.18. The zero-order valence-corrected chi connectivity index (χ0v) is 20.2. The predicted octanol–water partition coefficient (Wildman–Crippen LogP) is 1.35. The summed E-state index contributed by atoms with van der Waals surface area (Å²) in [6.07, 6.45) is 0.837. The number of aliphatic hydroxyl groups excluding tert-OH is 2. The van der Waals surface area contributed by atoms with Gasteiger partial charge in [0.1, 0.15) is 6.10 Å². The summed E-state index contributed by atoms with van der Waals surface area (Å²) in [5.74, 6) is 0.119. The summed E-state index contributed by atoms with van der Waals surface area (Å²) in [5.41, 5.74) is 2.34. The van der Waals surface area contributed by atoms with Gasteiger partial charge in [-0.25, -0.2) is 14.6 Å². The molecule has 6 unspecified atom stereocenters. The number of thioether (sulfide) groups is 1. The lowest BCUT2D eigenvalue weighted by molar-refractivity contribution is -0.128. The molecule has 2 fully saturated rings. The fourth-order valence-electron chi connectivity index (χ4n) is 5.00. The molecular formula is C23H29N7O3S. The monoisotopic (exact) mass is 483 g/mol. The smallest absolute Gasteiger partial charge is 0.225 e. The predicted molar refractivity (Wildman–Crippen MR) is 129 cm³/mol. The van der Waals surface area contributed by atoms with E-state index in [2.05, 4.69) is 49.8 Å². The Kier molecular flexibility index (Phi) is 6.17. The first-order chi connectivity index (χ1) is 16.4. The third-order valence-corrected chi connectivity index (χ3v) is 7.48. The molecule has 0 spiro atoms. The highest BCUT2D eigenvalue weighted by molar-refractivity contribution is 7.98. The summed E-state index contributed by atoms with van der Waals surface area (Å²) in [5, 5.41) is 33.3. The molecule has 2 aliphatic carbocycles. The third kappa shape index (κ3) is 3.91. The third-order valence-electron chi connectivity index (χ3n) is 6.94. The number of anilines is 1. The van der Waals surface area contributed by atoms with E-state index >= 15 is 0 Å². The number of nitrogens with one attached hydrogen (secondary N) is 1. The van der Waals surface area contributed by atoms with Gasteiger partial charge in [0.2, 0.25) is 5.91 Å². The van der Waals surface area contributed by atoms with Crippen molar-refractivity contribution in [3.05, 3.63) is 35.9 Å². The van der Waals surface area contributed by atoms with Crippen molar-refractivity contribution in [1.82, 2.24) is 30.3 Å². The van der Waals surface area contributed by atoms with Crippen LogP contribution in [0.1, 0.15) is 37.3 Å². The Bertz CT molecular complexity index is 1190. The number of carbonyl (C=O) groups excluding carboxylic acids is 1. The molecule has 34 heavy (non-hydrogen) atoms. The van der Waals surface area contributed by atoms with E-state index in [0.29, 0.717) is 40.6 Å². The van der Waals surface area contributed by atoms with Gasteiger partial charge < -0.3 is 20.4 Å². The van der Waals surface area contributed by atoms with E-state index in [9.17, 15) is 15.0 Å². The molecule has 3 aromatic rings. The number of aromatic nitrogens is 5. The van der Waals surface area contributed by atoms with Crippen LogP contribution in [0.2, 0.25) is 0 Å². The summed E-state index contributed by atoms with van der Waals surface area (Å²) in [4.78, 5) is 23.9. The quantitative estimate of drug-likeness (QED) is 0.337. The van der Waals surface area contributed by atoms with Crippen molar-refractivity contribution < 1.29 is 15.0 Å². The van der Waals surface area contributed by atoms with E-state index in [1.54, 1.807) is 4.68 Å². The number of nitrogens with zero attached hydrogens (tertiary/aromatic N) is 6. The molecular weight excluding hydrogens is 454 g/mol. The van der Waals surface area contributed by atoms with Gasteiger partial charge in [-0.3, -0.25) is 4.79 Å². The van der Waals surface area contributed by atoms with Gasteiger partial charge in [0.05, 0.1) is 18.1 Å². The molecule has 2 aromatic heterocycles. The van der Waals surface area contributed by atoms with Gasteiger partial charge in [-0.05, 0) is 31.6 Å². The van der Waals surface area contributed by atoms with Crippen molar-refractivity contribution in [2.75, 3.05) is 24.7 Å². The van der Waals surface area contributed by atoms with Crippen molar-refractivity contribution in [3.8, 4) is 0 Å². The number of aliphatic hydroxyl groups is 2. The second-order valence-electron chi connectivity index (χ2n) is 8.96. The Hall–Kier alpha value is -2.76. The van der Waals surface area contributed by atoms with Gasteiger partial charge >= 0.3 is 0 Å². The first-order valence-electron chi connectivity index (χ1n) is 11.5. The normalized spacial score (nSPS) is 28.3. The van der Waals surface area contributed by atoms with Gasteiger partial charge in [-0.1, -0.05) is 47.3 Å². The average Bonchev–Trinajstić information content (AvgIpc) is 3.47. The van der Waals surface area contributed by atoms with E-state index in [0.717, 1.165) is 6.42 Å². The first-order valence-corrected chi connectivity index (χ1v) is 12.8. The van der Waals surface area contributed by atoms with Crippen molar-refractivity contribution >= 4 is 34.7 Å². The van der Waals surface area contributed by atoms with Crippen LogP contribution in [-0.4, -0.2) is 79.2 Å². The van der Waals surface area contributed by atoms with E-state index in [1.807, 2.05) is 26.3 Å². The lowest BCUT2D eigenvalue weighted by Gasteiger charge is -2.20. The molecule has 1 aromatic carbocycles. The standard InChI is InChI=1S/C23H29N7O3S/c1-4-24-22(33)14-11-16(19(32)18(14)31)30-21-17(27-28-30)20(25-23(26-21)34-3)29(2)15-10-13(15)12-8-6-5-7-9-12/h5-9,13-16,18-19,31-32H,4,10-11H2,1-3H3,(H,24,33). The van der Waals surface area contributed by atoms with Crippen LogP contribution in [-0.2, 0) is 4.79 Å². The highest BCUT2D eigenvalue weighted by Gasteiger charge is 2.47. The SMILES string of the molecule is CCNC(=O)C1CC(n2nnc3c(N(C)C4CC4c4ccccc4)nc(SC)nc32)C(O)C1O. The summed E-state index contributed by atoms with van der Waals surface area (Å²) >= 11 is 1.42. The maximum Gasteiger partial charge on any atom is 0.225 e. The Morgan fingerprint density at radius 2 is 1.97 bits per heavy atom. The molecule has 11 heteroatoms. The molecule has 2 saturated carbocycles. The number of amides is 1. The largest absolute Gasteiger partial charge is 0.390 e. The van der Waals surface area contributed by atoms with Crippen LogP contribution in [0.3, 0.4) is 0 Å². The summed E-state index contributed by atoms with van der Waals surface area (Å²) in [6, 6.07) is 10.1. The van der Waals surface area contributed by atoms with Crippen LogP contribution < -0.4 is 10.2 Å². The van der Waals surface area contributed by atoms with Crippen LogP contribution in [0, 0.1) is 5.92 Å². The molecule has 5 rings (SSSR count). The molecule has 180 valence electrons. The highest BCUT2D eigenvalue weighted by atomic mass is 32.2. The zero-order chi connectivity index (χ0) is 24.0. The van der Waals surface area contributed by atoms with E-state index in [4.69, 9.17) is 4.98 Å². The van der Waals surface area contributed by atoms with Crippen LogP contribution >= 0.6 is 11.8 Å². The second kappa shape index (κ2) is 9.12.